The maximum atomic E-state index is 4.66. The second kappa shape index (κ2) is 4.24. The molecule has 0 radical (unpaired) electrons. The van der Waals surface area contributed by atoms with Gasteiger partial charge in [0.15, 0.2) is 5.65 Å². The van der Waals surface area contributed by atoms with Crippen molar-refractivity contribution in [2.24, 2.45) is 0 Å². The van der Waals surface area contributed by atoms with Crippen LogP contribution in [0.15, 0.2) is 24.4 Å². The van der Waals surface area contributed by atoms with E-state index in [0.717, 1.165) is 35.5 Å². The normalized spacial score (nSPS) is 19.1. The molecule has 0 spiro atoms. The van der Waals surface area contributed by atoms with Crippen LogP contribution in [0.25, 0.3) is 5.65 Å². The van der Waals surface area contributed by atoms with Crippen molar-refractivity contribution in [2.75, 3.05) is 18.0 Å². The number of nitrogens with zero attached hydrogens (tertiary/aromatic N) is 6. The van der Waals surface area contributed by atoms with Crippen molar-refractivity contribution in [2.45, 2.75) is 24.7 Å². The fourth-order valence-corrected chi connectivity index (χ4v) is 3.56. The zero-order chi connectivity index (χ0) is 13.8. The Balaban J connectivity index is 1.35. The molecule has 2 fully saturated rings. The lowest BCUT2D eigenvalue weighted by atomic mass is 10.0. The Kier molecular flexibility index (Phi) is 2.34. The summed E-state index contributed by atoms with van der Waals surface area (Å²) in [5, 5.41) is 9.62. The van der Waals surface area contributed by atoms with Crippen molar-refractivity contribution < 1.29 is 0 Å². The van der Waals surface area contributed by atoms with Crippen LogP contribution >= 0.6 is 11.5 Å². The van der Waals surface area contributed by atoms with Crippen LogP contribution in [0.5, 0.6) is 0 Å². The van der Waals surface area contributed by atoms with Gasteiger partial charge in [0.2, 0.25) is 5.13 Å². The molecule has 2 aliphatic rings. The molecule has 7 heteroatoms. The van der Waals surface area contributed by atoms with E-state index in [4.69, 9.17) is 0 Å². The van der Waals surface area contributed by atoms with Gasteiger partial charge in [0, 0.05) is 36.7 Å². The summed E-state index contributed by atoms with van der Waals surface area (Å²) in [6, 6.07) is 5.99. The Labute approximate surface area is 125 Å². The fraction of sp³-hybridized carbons (Fsp3) is 0.429. The number of hydrogen-bond acceptors (Lipinski definition) is 6. The lowest BCUT2D eigenvalue weighted by molar-refractivity contribution is 0.496. The summed E-state index contributed by atoms with van der Waals surface area (Å²) in [5.41, 5.74) is 0.915. The van der Waals surface area contributed by atoms with Gasteiger partial charge >= 0.3 is 0 Å². The third-order valence-electron chi connectivity index (χ3n) is 4.23. The molecule has 0 amide bonds. The first-order valence-electron chi connectivity index (χ1n) is 7.27. The van der Waals surface area contributed by atoms with E-state index in [1.54, 1.807) is 0 Å². The van der Waals surface area contributed by atoms with E-state index in [1.165, 1.54) is 24.4 Å². The first-order chi connectivity index (χ1) is 10.4. The van der Waals surface area contributed by atoms with Gasteiger partial charge in [-0.2, -0.15) is 4.37 Å². The molecular weight excluding hydrogens is 284 g/mol. The minimum absolute atomic E-state index is 0.427. The second-order valence-electron chi connectivity index (χ2n) is 5.80. The highest BCUT2D eigenvalue weighted by Gasteiger charge is 2.35. The Hall–Kier alpha value is -2.02. The van der Waals surface area contributed by atoms with E-state index >= 15 is 0 Å². The minimum atomic E-state index is 0.427. The van der Waals surface area contributed by atoms with Crippen LogP contribution in [0.1, 0.15) is 36.3 Å². The van der Waals surface area contributed by atoms with Gasteiger partial charge in [-0.1, -0.05) is 6.07 Å². The summed E-state index contributed by atoms with van der Waals surface area (Å²) < 4.78 is 6.56. The third-order valence-corrected chi connectivity index (χ3v) is 5.02. The number of anilines is 1. The number of pyridine rings is 1. The molecule has 0 unspecified atom stereocenters. The summed E-state index contributed by atoms with van der Waals surface area (Å²) in [4.78, 5) is 6.95. The average molecular weight is 298 g/mol. The largest absolute Gasteiger partial charge is 0.345 e. The molecule has 0 N–H and O–H groups in total. The molecule has 3 aromatic rings. The van der Waals surface area contributed by atoms with Gasteiger partial charge in [0.05, 0.1) is 5.92 Å². The predicted molar refractivity (Wildman–Crippen MR) is 79.8 cm³/mol. The molecule has 1 aliphatic carbocycles. The molecule has 1 saturated carbocycles. The van der Waals surface area contributed by atoms with Crippen molar-refractivity contribution in [3.8, 4) is 0 Å². The smallest absolute Gasteiger partial charge is 0.205 e. The quantitative estimate of drug-likeness (QED) is 0.741. The van der Waals surface area contributed by atoms with Gasteiger partial charge in [0.1, 0.15) is 11.6 Å². The highest BCUT2D eigenvalue weighted by Crippen LogP contribution is 2.40. The Morgan fingerprint density at radius 1 is 1.10 bits per heavy atom. The van der Waals surface area contributed by atoms with E-state index in [-0.39, 0.29) is 0 Å². The topological polar surface area (TPSA) is 59.2 Å². The molecule has 21 heavy (non-hydrogen) atoms. The van der Waals surface area contributed by atoms with Crippen LogP contribution < -0.4 is 4.90 Å². The maximum Gasteiger partial charge on any atom is 0.205 e. The van der Waals surface area contributed by atoms with Crippen LogP contribution in [-0.2, 0) is 0 Å². The zero-order valence-electron chi connectivity index (χ0n) is 11.4. The first kappa shape index (κ1) is 11.6. The molecule has 6 nitrogen and oxygen atoms in total. The molecule has 3 aromatic heterocycles. The van der Waals surface area contributed by atoms with Gasteiger partial charge in [-0.3, -0.25) is 4.40 Å². The lowest BCUT2D eigenvalue weighted by Crippen LogP contribution is -2.45. The second-order valence-corrected chi connectivity index (χ2v) is 6.53. The van der Waals surface area contributed by atoms with E-state index in [0.29, 0.717) is 11.8 Å². The maximum absolute atomic E-state index is 4.66. The van der Waals surface area contributed by atoms with Crippen molar-refractivity contribution in [3.05, 3.63) is 36.0 Å². The van der Waals surface area contributed by atoms with E-state index < -0.39 is 0 Å². The van der Waals surface area contributed by atoms with Gasteiger partial charge in [-0.05, 0) is 25.0 Å². The van der Waals surface area contributed by atoms with Crippen LogP contribution in [-0.4, -0.2) is 37.0 Å². The predicted octanol–water partition coefficient (Wildman–Crippen LogP) is 2.06. The molecule has 4 heterocycles. The average Bonchev–Trinajstić information content (AvgIpc) is 3.06. The van der Waals surface area contributed by atoms with Gasteiger partial charge in [0.25, 0.3) is 0 Å². The van der Waals surface area contributed by atoms with Gasteiger partial charge in [-0.15, -0.1) is 10.2 Å². The molecule has 1 saturated heterocycles. The molecular formula is C14H14N6S. The number of hydrogen-bond donors (Lipinski definition) is 0. The third kappa shape index (κ3) is 1.84. The SMILES string of the molecule is c1ccn2c(C3CN(c4nc(C5CC5)ns4)C3)nnc2c1. The fourth-order valence-electron chi connectivity index (χ4n) is 2.80. The monoisotopic (exact) mass is 298 g/mol. The van der Waals surface area contributed by atoms with Crippen LogP contribution in [0.4, 0.5) is 5.13 Å². The van der Waals surface area contributed by atoms with Gasteiger partial charge < -0.3 is 4.90 Å². The molecule has 0 aromatic carbocycles. The molecule has 5 rings (SSSR count). The minimum Gasteiger partial charge on any atom is -0.345 e. The number of fused-ring (bicyclic) bond motifs is 1. The summed E-state index contributed by atoms with van der Waals surface area (Å²) in [6.07, 6.45) is 4.54. The van der Waals surface area contributed by atoms with E-state index in [1.807, 2.05) is 24.4 Å². The lowest BCUT2D eigenvalue weighted by Gasteiger charge is -2.37. The standard InChI is InChI=1S/C14H14N6S/c1-2-6-20-11(3-1)16-17-13(20)10-7-19(8-10)14-15-12(18-21-14)9-4-5-9/h1-3,6,9-10H,4-5,7-8H2. The van der Waals surface area contributed by atoms with Crippen molar-refractivity contribution in [1.29, 1.82) is 0 Å². The Bertz CT molecular complexity index is 799. The highest BCUT2D eigenvalue weighted by atomic mass is 32.1. The van der Waals surface area contributed by atoms with Crippen LogP contribution in [0, 0.1) is 0 Å². The molecule has 1 aliphatic heterocycles. The van der Waals surface area contributed by atoms with Crippen LogP contribution in [0.2, 0.25) is 0 Å². The molecule has 0 atom stereocenters. The Morgan fingerprint density at radius 3 is 2.86 bits per heavy atom. The van der Waals surface area contributed by atoms with Crippen molar-refractivity contribution >= 4 is 22.3 Å². The summed E-state index contributed by atoms with van der Waals surface area (Å²) in [5.74, 6) is 3.16. The van der Waals surface area contributed by atoms with Crippen molar-refractivity contribution in [3.63, 3.8) is 0 Å². The summed E-state index contributed by atoms with van der Waals surface area (Å²) >= 11 is 1.53. The zero-order valence-corrected chi connectivity index (χ0v) is 12.2. The summed E-state index contributed by atoms with van der Waals surface area (Å²) in [7, 11) is 0. The highest BCUT2D eigenvalue weighted by molar-refractivity contribution is 7.09. The summed E-state index contributed by atoms with van der Waals surface area (Å²) in [6.45, 7) is 1.91. The number of aromatic nitrogens is 5. The van der Waals surface area contributed by atoms with Crippen molar-refractivity contribution in [1.82, 2.24) is 24.0 Å². The van der Waals surface area contributed by atoms with E-state index in [9.17, 15) is 0 Å². The first-order valence-corrected chi connectivity index (χ1v) is 8.04. The van der Waals surface area contributed by atoms with E-state index in [2.05, 4.69) is 28.9 Å². The Morgan fingerprint density at radius 2 is 2.00 bits per heavy atom. The molecule has 0 bridgehead atoms. The van der Waals surface area contributed by atoms with Crippen LogP contribution in [0.3, 0.4) is 0 Å². The number of rotatable bonds is 3. The van der Waals surface area contributed by atoms with Gasteiger partial charge in [-0.25, -0.2) is 4.98 Å². The molecule has 106 valence electrons.